The Balaban J connectivity index is 1.32. The Morgan fingerprint density at radius 1 is 1.07 bits per heavy atom. The summed E-state index contributed by atoms with van der Waals surface area (Å²) in [6.07, 6.45) is 2.91. The van der Waals surface area contributed by atoms with Gasteiger partial charge in [0.1, 0.15) is 37.7 Å². The van der Waals surface area contributed by atoms with E-state index in [1.807, 2.05) is 48.5 Å². The first-order chi connectivity index (χ1) is 14.7. The molecule has 5 rings (SSSR count). The summed E-state index contributed by atoms with van der Waals surface area (Å²) in [6.45, 7) is 1.16. The first kappa shape index (κ1) is 19.1. The van der Waals surface area contributed by atoms with E-state index in [-0.39, 0.29) is 6.10 Å². The highest BCUT2D eigenvalue weighted by Crippen LogP contribution is 2.36. The minimum absolute atomic E-state index is 0.226. The summed E-state index contributed by atoms with van der Waals surface area (Å²) in [7, 11) is 0. The maximum Gasteiger partial charge on any atom is 0.215 e. The van der Waals surface area contributed by atoms with Gasteiger partial charge in [0.05, 0.1) is 6.61 Å². The fourth-order valence-corrected chi connectivity index (χ4v) is 3.78. The molecule has 7 heteroatoms. The van der Waals surface area contributed by atoms with Crippen molar-refractivity contribution < 1.29 is 14.2 Å². The number of aromatic nitrogens is 3. The van der Waals surface area contributed by atoms with E-state index in [4.69, 9.17) is 25.8 Å². The molecule has 3 aromatic carbocycles. The highest BCUT2D eigenvalue weighted by atomic mass is 35.5. The van der Waals surface area contributed by atoms with Crippen molar-refractivity contribution in [1.82, 2.24) is 14.8 Å². The molecule has 152 valence electrons. The average Bonchev–Trinajstić information content (AvgIpc) is 3.43. The van der Waals surface area contributed by atoms with Crippen LogP contribution in [0.3, 0.4) is 0 Å². The first-order valence-corrected chi connectivity index (χ1v) is 10.1. The lowest BCUT2D eigenvalue weighted by Gasteiger charge is -2.28. The van der Waals surface area contributed by atoms with Crippen LogP contribution < -0.4 is 4.74 Å². The minimum atomic E-state index is -0.976. The number of ether oxygens (including phenoxy) is 3. The maximum absolute atomic E-state index is 6.38. The molecule has 2 atom stereocenters. The lowest BCUT2D eigenvalue weighted by molar-refractivity contribution is -0.190. The third kappa shape index (κ3) is 3.89. The van der Waals surface area contributed by atoms with Crippen LogP contribution in [-0.2, 0) is 21.8 Å². The lowest BCUT2D eigenvalue weighted by atomic mass is 10.1. The Morgan fingerprint density at radius 2 is 1.90 bits per heavy atom. The summed E-state index contributed by atoms with van der Waals surface area (Å²) in [5, 5.41) is 7.18. The lowest BCUT2D eigenvalue weighted by Crippen LogP contribution is -2.34. The number of fused-ring (bicyclic) bond motifs is 1. The molecule has 0 bridgehead atoms. The number of hydrogen-bond acceptors (Lipinski definition) is 5. The van der Waals surface area contributed by atoms with Crippen molar-refractivity contribution in [3.05, 3.63) is 90.0 Å². The number of halogens is 1. The van der Waals surface area contributed by atoms with E-state index in [2.05, 4.69) is 28.3 Å². The topological polar surface area (TPSA) is 58.4 Å². The van der Waals surface area contributed by atoms with E-state index in [1.54, 1.807) is 11.0 Å². The standard InChI is InChI=1S/C23H20ClN3O3/c24-20-8-6-19(7-9-20)23(14-27-16-25-15-26-27)29-13-22(30-23)12-28-21-10-5-17-3-1-2-4-18(17)11-21/h1-11,15-16,22H,12-14H2. The molecular weight excluding hydrogens is 402 g/mol. The van der Waals surface area contributed by atoms with E-state index in [0.29, 0.717) is 24.8 Å². The highest BCUT2D eigenvalue weighted by Gasteiger charge is 2.44. The van der Waals surface area contributed by atoms with E-state index in [1.165, 1.54) is 11.7 Å². The molecule has 1 aromatic heterocycles. The quantitative estimate of drug-likeness (QED) is 0.461. The zero-order chi connectivity index (χ0) is 20.4. The van der Waals surface area contributed by atoms with Crippen LogP contribution in [-0.4, -0.2) is 34.1 Å². The zero-order valence-corrected chi connectivity index (χ0v) is 16.9. The van der Waals surface area contributed by atoms with Gasteiger partial charge in [0.25, 0.3) is 0 Å². The van der Waals surface area contributed by atoms with Crippen molar-refractivity contribution in [1.29, 1.82) is 0 Å². The zero-order valence-electron chi connectivity index (χ0n) is 16.1. The second-order valence-electron chi connectivity index (χ2n) is 7.22. The summed E-state index contributed by atoms with van der Waals surface area (Å²) in [4.78, 5) is 4.02. The Morgan fingerprint density at radius 3 is 2.70 bits per heavy atom. The van der Waals surface area contributed by atoms with Crippen molar-refractivity contribution in [2.24, 2.45) is 0 Å². The Labute approximate surface area is 179 Å². The summed E-state index contributed by atoms with van der Waals surface area (Å²) < 4.78 is 20.3. The van der Waals surface area contributed by atoms with Crippen molar-refractivity contribution in [3.8, 4) is 5.75 Å². The molecule has 1 fully saturated rings. The van der Waals surface area contributed by atoms with Crippen molar-refractivity contribution in [3.63, 3.8) is 0 Å². The van der Waals surface area contributed by atoms with E-state index in [0.717, 1.165) is 16.7 Å². The predicted molar refractivity (Wildman–Crippen MR) is 113 cm³/mol. The number of rotatable bonds is 6. The summed E-state index contributed by atoms with van der Waals surface area (Å²) in [5.41, 5.74) is 0.871. The molecule has 2 heterocycles. The summed E-state index contributed by atoms with van der Waals surface area (Å²) in [6, 6.07) is 21.7. The molecule has 0 saturated carbocycles. The van der Waals surface area contributed by atoms with Crippen LogP contribution in [0.4, 0.5) is 0 Å². The van der Waals surface area contributed by atoms with Gasteiger partial charge in [0.2, 0.25) is 5.79 Å². The molecule has 1 aliphatic rings. The third-order valence-electron chi connectivity index (χ3n) is 5.14. The third-order valence-corrected chi connectivity index (χ3v) is 5.39. The molecule has 0 spiro atoms. The fourth-order valence-electron chi connectivity index (χ4n) is 3.65. The molecule has 6 nitrogen and oxygen atoms in total. The van der Waals surface area contributed by atoms with Gasteiger partial charge in [0.15, 0.2) is 0 Å². The molecule has 30 heavy (non-hydrogen) atoms. The predicted octanol–water partition coefficient (Wildman–Crippen LogP) is 4.43. The van der Waals surface area contributed by atoms with Gasteiger partial charge in [-0.3, -0.25) is 0 Å². The van der Waals surface area contributed by atoms with Crippen LogP contribution in [0.25, 0.3) is 10.8 Å². The van der Waals surface area contributed by atoms with Gasteiger partial charge in [0, 0.05) is 10.6 Å². The van der Waals surface area contributed by atoms with Crippen molar-refractivity contribution >= 4 is 22.4 Å². The van der Waals surface area contributed by atoms with Gasteiger partial charge in [-0.1, -0.05) is 54.1 Å². The fraction of sp³-hybridized carbons (Fsp3) is 0.217. The van der Waals surface area contributed by atoms with Crippen LogP contribution in [0.5, 0.6) is 5.75 Å². The highest BCUT2D eigenvalue weighted by molar-refractivity contribution is 6.30. The van der Waals surface area contributed by atoms with E-state index >= 15 is 0 Å². The molecule has 0 radical (unpaired) electrons. The molecular formula is C23H20ClN3O3. The Bertz CT molecular complexity index is 1130. The van der Waals surface area contributed by atoms with Gasteiger partial charge >= 0.3 is 0 Å². The van der Waals surface area contributed by atoms with Crippen LogP contribution in [0, 0.1) is 0 Å². The minimum Gasteiger partial charge on any atom is -0.491 e. The van der Waals surface area contributed by atoms with Gasteiger partial charge in [-0.2, -0.15) is 5.10 Å². The normalized spacial score (nSPS) is 21.2. The number of nitrogens with zero attached hydrogens (tertiary/aromatic N) is 3. The number of hydrogen-bond donors (Lipinski definition) is 0. The molecule has 0 N–H and O–H groups in total. The average molecular weight is 422 g/mol. The monoisotopic (exact) mass is 421 g/mol. The molecule has 0 amide bonds. The van der Waals surface area contributed by atoms with Crippen LogP contribution in [0.15, 0.2) is 79.4 Å². The maximum atomic E-state index is 6.38. The molecule has 1 aliphatic heterocycles. The molecule has 2 unspecified atom stereocenters. The van der Waals surface area contributed by atoms with Gasteiger partial charge < -0.3 is 14.2 Å². The number of benzene rings is 3. The SMILES string of the molecule is Clc1ccc(C2(Cn3cncn3)OCC(COc3ccc4ccccc4c3)O2)cc1. The van der Waals surface area contributed by atoms with Crippen LogP contribution in [0.2, 0.25) is 5.02 Å². The second kappa shape index (κ2) is 8.07. The molecule has 0 aliphatic carbocycles. The summed E-state index contributed by atoms with van der Waals surface area (Å²) >= 11 is 6.07. The first-order valence-electron chi connectivity index (χ1n) is 9.72. The van der Waals surface area contributed by atoms with Crippen LogP contribution >= 0.6 is 11.6 Å². The van der Waals surface area contributed by atoms with Crippen LogP contribution in [0.1, 0.15) is 5.56 Å². The van der Waals surface area contributed by atoms with Crippen molar-refractivity contribution in [2.45, 2.75) is 18.4 Å². The Kier molecular flexibility index (Phi) is 5.12. The Hall–Kier alpha value is -2.93. The largest absolute Gasteiger partial charge is 0.491 e. The van der Waals surface area contributed by atoms with Crippen molar-refractivity contribution in [2.75, 3.05) is 13.2 Å². The van der Waals surface area contributed by atoms with Gasteiger partial charge in [-0.15, -0.1) is 0 Å². The smallest absolute Gasteiger partial charge is 0.215 e. The van der Waals surface area contributed by atoms with Gasteiger partial charge in [-0.25, -0.2) is 9.67 Å². The van der Waals surface area contributed by atoms with E-state index in [9.17, 15) is 0 Å². The van der Waals surface area contributed by atoms with E-state index < -0.39 is 5.79 Å². The summed E-state index contributed by atoms with van der Waals surface area (Å²) in [5.74, 6) is -0.173. The molecule has 4 aromatic rings. The second-order valence-corrected chi connectivity index (χ2v) is 7.66. The molecule has 1 saturated heterocycles. The van der Waals surface area contributed by atoms with Gasteiger partial charge in [-0.05, 0) is 35.0 Å².